The lowest BCUT2D eigenvalue weighted by Gasteiger charge is -2.65. The number of hydrogen-bond donors (Lipinski definition) is 3. The number of carbonyl (C=O) groups excluding carboxylic acids is 1. The van der Waals surface area contributed by atoms with Crippen LogP contribution in [0.4, 0.5) is 0 Å². The van der Waals surface area contributed by atoms with E-state index in [4.69, 9.17) is 4.74 Å². The molecule has 5 rings (SSSR count). The van der Waals surface area contributed by atoms with Gasteiger partial charge in [0.1, 0.15) is 5.78 Å². The van der Waals surface area contributed by atoms with Crippen molar-refractivity contribution in [2.45, 2.75) is 130 Å². The predicted octanol–water partition coefficient (Wildman–Crippen LogP) is 4.81. The standard InChI is InChI=1S/C30H48O5/c1-25(2)17-9-11-20-27(5)15-19(31)24(29(7)14-13-23(35-29)26(3,4)34)28(27,6)16-22(33)30(20,8)18(17)10-12-21(25)32/h9,18-21,23-24,31-32,34H,10-16H2,1-8H3/t18-,19-,20+,21+,23+,24+,27+,28-,29+,30+/m1/s1. The summed E-state index contributed by atoms with van der Waals surface area (Å²) in [5, 5.41) is 33.1. The third-order valence-electron chi connectivity index (χ3n) is 12.4. The van der Waals surface area contributed by atoms with E-state index in [1.807, 2.05) is 0 Å². The SMILES string of the molecule is CC(C)(O)[C@@H]1CC[C@@](C)([C@H]2[C@H](O)C[C@@]3(C)[C@@H]4CC=C5[C@@H](CC[C@H](O)C5(C)C)[C@]4(C)C(=O)C[C@]23C)O1. The van der Waals surface area contributed by atoms with Crippen LogP contribution in [-0.2, 0) is 9.53 Å². The Morgan fingerprint density at radius 2 is 1.66 bits per heavy atom. The Labute approximate surface area is 211 Å². The van der Waals surface area contributed by atoms with Crippen molar-refractivity contribution in [3.63, 3.8) is 0 Å². The number of ether oxygens (including phenoxy) is 1. The minimum atomic E-state index is -0.935. The van der Waals surface area contributed by atoms with E-state index < -0.39 is 22.7 Å². The fraction of sp³-hybridized carbons (Fsp3) is 0.900. The highest BCUT2D eigenvalue weighted by Gasteiger charge is 2.74. The van der Waals surface area contributed by atoms with Crippen molar-refractivity contribution in [3.8, 4) is 0 Å². The molecule has 5 nitrogen and oxygen atoms in total. The molecular weight excluding hydrogens is 440 g/mol. The maximum absolute atomic E-state index is 14.3. The van der Waals surface area contributed by atoms with E-state index in [-0.39, 0.29) is 46.2 Å². The van der Waals surface area contributed by atoms with Crippen LogP contribution < -0.4 is 0 Å². The van der Waals surface area contributed by atoms with Crippen LogP contribution in [-0.4, -0.2) is 50.6 Å². The van der Waals surface area contributed by atoms with Gasteiger partial charge in [0.05, 0.1) is 29.5 Å². The van der Waals surface area contributed by atoms with Gasteiger partial charge in [0.2, 0.25) is 0 Å². The quantitative estimate of drug-likeness (QED) is 0.486. The summed E-state index contributed by atoms with van der Waals surface area (Å²) in [5.41, 5.74) is -1.62. The highest BCUT2D eigenvalue weighted by molar-refractivity contribution is 5.88. The number of carbonyl (C=O) groups is 1. The molecule has 1 saturated heterocycles. The minimum absolute atomic E-state index is 0.149. The molecule has 4 aliphatic carbocycles. The number of aliphatic hydroxyl groups excluding tert-OH is 2. The van der Waals surface area contributed by atoms with Crippen LogP contribution in [0.2, 0.25) is 0 Å². The minimum Gasteiger partial charge on any atom is -0.393 e. The molecule has 4 fully saturated rings. The molecule has 198 valence electrons. The fourth-order valence-corrected chi connectivity index (χ4v) is 10.2. The van der Waals surface area contributed by atoms with Crippen LogP contribution in [0.5, 0.6) is 0 Å². The number of fused-ring (bicyclic) bond motifs is 5. The predicted molar refractivity (Wildman–Crippen MR) is 136 cm³/mol. The second-order valence-electron chi connectivity index (χ2n) is 14.9. The van der Waals surface area contributed by atoms with Crippen molar-refractivity contribution in [3.05, 3.63) is 11.6 Å². The summed E-state index contributed by atoms with van der Waals surface area (Å²) >= 11 is 0. The van der Waals surface area contributed by atoms with Gasteiger partial charge in [-0.15, -0.1) is 0 Å². The van der Waals surface area contributed by atoms with E-state index in [1.165, 1.54) is 5.57 Å². The monoisotopic (exact) mass is 488 g/mol. The van der Waals surface area contributed by atoms with Crippen molar-refractivity contribution >= 4 is 5.78 Å². The third kappa shape index (κ3) is 3.17. The summed E-state index contributed by atoms with van der Waals surface area (Å²) < 4.78 is 6.59. The summed E-state index contributed by atoms with van der Waals surface area (Å²) in [4.78, 5) is 14.3. The van der Waals surface area contributed by atoms with Gasteiger partial charge in [0, 0.05) is 23.2 Å². The van der Waals surface area contributed by atoms with Crippen molar-refractivity contribution in [2.24, 2.45) is 39.4 Å². The smallest absolute Gasteiger partial charge is 0.140 e. The molecule has 0 spiro atoms. The van der Waals surface area contributed by atoms with Crippen molar-refractivity contribution < 1.29 is 24.9 Å². The second-order valence-corrected chi connectivity index (χ2v) is 14.9. The largest absolute Gasteiger partial charge is 0.393 e. The lowest BCUT2D eigenvalue weighted by molar-refractivity contribution is -0.195. The lowest BCUT2D eigenvalue weighted by atomic mass is 9.38. The number of hydrogen-bond acceptors (Lipinski definition) is 5. The Hall–Kier alpha value is -0.750. The molecule has 3 saturated carbocycles. The first-order valence-corrected chi connectivity index (χ1v) is 13.9. The summed E-state index contributed by atoms with van der Waals surface area (Å²) in [6.07, 6.45) is 6.24. The van der Waals surface area contributed by atoms with E-state index in [1.54, 1.807) is 13.8 Å². The van der Waals surface area contributed by atoms with Crippen LogP contribution in [0.3, 0.4) is 0 Å². The average Bonchev–Trinajstić information content (AvgIpc) is 3.21. The Morgan fingerprint density at radius 3 is 2.26 bits per heavy atom. The molecule has 3 N–H and O–H groups in total. The van der Waals surface area contributed by atoms with E-state index in [2.05, 4.69) is 47.6 Å². The molecule has 0 amide bonds. The van der Waals surface area contributed by atoms with Gasteiger partial charge in [-0.05, 0) is 82.0 Å². The Kier molecular flexibility index (Phi) is 5.49. The van der Waals surface area contributed by atoms with E-state index in [0.29, 0.717) is 18.6 Å². The van der Waals surface area contributed by atoms with Crippen molar-refractivity contribution in [1.82, 2.24) is 0 Å². The Bertz CT molecular complexity index is 947. The zero-order chi connectivity index (χ0) is 26.0. The normalized spacial score (nSPS) is 53.6. The number of allylic oxidation sites excluding steroid dienone is 1. The molecule has 0 aromatic heterocycles. The van der Waals surface area contributed by atoms with Gasteiger partial charge in [0.15, 0.2) is 0 Å². The van der Waals surface area contributed by atoms with Crippen molar-refractivity contribution in [1.29, 1.82) is 0 Å². The first kappa shape index (κ1) is 25.9. The second kappa shape index (κ2) is 7.42. The van der Waals surface area contributed by atoms with E-state index in [0.717, 1.165) is 32.1 Å². The highest BCUT2D eigenvalue weighted by atomic mass is 16.5. The topological polar surface area (TPSA) is 87.0 Å². The number of ketones is 1. The molecule has 5 heteroatoms. The number of rotatable bonds is 2. The zero-order valence-electron chi connectivity index (χ0n) is 23.1. The van der Waals surface area contributed by atoms with Gasteiger partial charge in [-0.25, -0.2) is 0 Å². The van der Waals surface area contributed by atoms with Crippen LogP contribution in [0.25, 0.3) is 0 Å². The van der Waals surface area contributed by atoms with Gasteiger partial charge < -0.3 is 20.1 Å². The summed E-state index contributed by atoms with van der Waals surface area (Å²) in [5.74, 6) is 0.472. The summed E-state index contributed by atoms with van der Waals surface area (Å²) in [7, 11) is 0. The Balaban J connectivity index is 1.56. The molecule has 0 radical (unpaired) electrons. The first-order valence-electron chi connectivity index (χ1n) is 13.9. The first-order chi connectivity index (χ1) is 15.9. The molecular formula is C30H48O5. The molecule has 0 aromatic rings. The molecule has 5 aliphatic rings. The van der Waals surface area contributed by atoms with Crippen LogP contribution >= 0.6 is 0 Å². The number of aliphatic hydroxyl groups is 3. The maximum atomic E-state index is 14.3. The van der Waals surface area contributed by atoms with Gasteiger partial charge in [-0.2, -0.15) is 0 Å². The fourth-order valence-electron chi connectivity index (χ4n) is 10.2. The number of Topliss-reactive ketones (excluding diaryl/α,β-unsaturated/α-hetero) is 1. The third-order valence-corrected chi connectivity index (χ3v) is 12.4. The molecule has 1 heterocycles. The lowest BCUT2D eigenvalue weighted by Crippen LogP contribution is -2.64. The van der Waals surface area contributed by atoms with Gasteiger partial charge >= 0.3 is 0 Å². The molecule has 0 aromatic carbocycles. The van der Waals surface area contributed by atoms with Crippen LogP contribution in [0, 0.1) is 39.4 Å². The van der Waals surface area contributed by atoms with Gasteiger partial charge in [-0.1, -0.05) is 46.3 Å². The summed E-state index contributed by atoms with van der Waals surface area (Å²) in [6, 6.07) is 0. The molecule has 1 aliphatic heterocycles. The van der Waals surface area contributed by atoms with E-state index in [9.17, 15) is 20.1 Å². The van der Waals surface area contributed by atoms with E-state index >= 15 is 0 Å². The Morgan fingerprint density at radius 1 is 1.00 bits per heavy atom. The average molecular weight is 489 g/mol. The van der Waals surface area contributed by atoms with Gasteiger partial charge in [0.25, 0.3) is 0 Å². The summed E-state index contributed by atoms with van der Waals surface area (Å²) in [6.45, 7) is 16.7. The van der Waals surface area contributed by atoms with Crippen LogP contribution in [0.1, 0.15) is 100 Å². The highest BCUT2D eigenvalue weighted by Crippen LogP contribution is 2.75. The maximum Gasteiger partial charge on any atom is 0.140 e. The van der Waals surface area contributed by atoms with Crippen molar-refractivity contribution in [2.75, 3.05) is 0 Å². The van der Waals surface area contributed by atoms with Gasteiger partial charge in [-0.3, -0.25) is 4.79 Å². The van der Waals surface area contributed by atoms with Crippen LogP contribution in [0.15, 0.2) is 11.6 Å². The molecule has 0 bridgehead atoms. The molecule has 0 unspecified atom stereocenters. The molecule has 35 heavy (non-hydrogen) atoms. The molecule has 10 atom stereocenters. The zero-order valence-corrected chi connectivity index (χ0v) is 23.1.